The molecule has 1 N–H and O–H groups in total. The first-order chi connectivity index (χ1) is 10.6. The fourth-order valence-corrected chi connectivity index (χ4v) is 3.73. The van der Waals surface area contributed by atoms with E-state index in [4.69, 9.17) is 0 Å². The van der Waals surface area contributed by atoms with E-state index in [1.54, 1.807) is 6.20 Å². The molecule has 0 spiro atoms. The second-order valence-electron chi connectivity index (χ2n) is 6.52. The molecule has 0 aromatic carbocycles. The molecule has 5 nitrogen and oxygen atoms in total. The molecule has 1 saturated carbocycles. The van der Waals surface area contributed by atoms with Crippen molar-refractivity contribution in [2.75, 3.05) is 13.6 Å². The van der Waals surface area contributed by atoms with Gasteiger partial charge in [0.25, 0.3) is 0 Å². The Morgan fingerprint density at radius 2 is 2.23 bits per heavy atom. The molecule has 2 heterocycles. The third kappa shape index (κ3) is 3.29. The van der Waals surface area contributed by atoms with Gasteiger partial charge in [0, 0.05) is 44.9 Å². The van der Waals surface area contributed by atoms with E-state index in [2.05, 4.69) is 10.3 Å². The zero-order valence-electron chi connectivity index (χ0n) is 13.0. The number of aryl methyl sites for hydroxylation is 1. The predicted octanol–water partition coefficient (Wildman–Crippen LogP) is 1.39. The van der Waals surface area contributed by atoms with Gasteiger partial charge in [0.15, 0.2) is 0 Å². The van der Waals surface area contributed by atoms with Crippen molar-refractivity contribution in [2.45, 2.75) is 38.1 Å². The quantitative estimate of drug-likeness (QED) is 0.914. The number of rotatable bonds is 4. The van der Waals surface area contributed by atoms with Crippen molar-refractivity contribution in [1.82, 2.24) is 15.2 Å². The SMILES string of the molecule is CN(C(=O)CCc1cccnc1)[C@H]1C[C@H]2CC(=O)NC[C@H]2C1. The molecule has 3 atom stereocenters. The number of amides is 2. The van der Waals surface area contributed by atoms with Gasteiger partial charge in [-0.05, 0) is 42.7 Å². The number of aromatic nitrogens is 1. The molecule has 1 aliphatic heterocycles. The summed E-state index contributed by atoms with van der Waals surface area (Å²) in [7, 11) is 1.91. The number of piperidine rings is 1. The molecule has 0 radical (unpaired) electrons. The average molecular weight is 301 g/mol. The lowest BCUT2D eigenvalue weighted by Crippen LogP contribution is -2.38. The lowest BCUT2D eigenvalue weighted by molar-refractivity contribution is -0.131. The van der Waals surface area contributed by atoms with E-state index in [9.17, 15) is 9.59 Å². The second kappa shape index (κ2) is 6.46. The Kier molecular flexibility index (Phi) is 4.41. The van der Waals surface area contributed by atoms with Crippen LogP contribution in [0.3, 0.4) is 0 Å². The molecular formula is C17H23N3O2. The van der Waals surface area contributed by atoms with Gasteiger partial charge in [0.05, 0.1) is 0 Å². The van der Waals surface area contributed by atoms with Crippen molar-refractivity contribution in [3.63, 3.8) is 0 Å². The van der Waals surface area contributed by atoms with E-state index in [1.165, 1.54) is 0 Å². The van der Waals surface area contributed by atoms with Crippen molar-refractivity contribution in [2.24, 2.45) is 11.8 Å². The van der Waals surface area contributed by atoms with Crippen LogP contribution in [0.1, 0.15) is 31.2 Å². The number of fused-ring (bicyclic) bond motifs is 1. The number of hydrogen-bond donors (Lipinski definition) is 1. The molecule has 2 amide bonds. The minimum atomic E-state index is 0.160. The van der Waals surface area contributed by atoms with Gasteiger partial charge in [0.1, 0.15) is 0 Å². The summed E-state index contributed by atoms with van der Waals surface area (Å²) >= 11 is 0. The lowest BCUT2D eigenvalue weighted by atomic mass is 9.89. The highest BCUT2D eigenvalue weighted by Crippen LogP contribution is 2.38. The van der Waals surface area contributed by atoms with Gasteiger partial charge in [-0.25, -0.2) is 0 Å². The van der Waals surface area contributed by atoms with Crippen LogP contribution in [0.15, 0.2) is 24.5 Å². The van der Waals surface area contributed by atoms with Crippen LogP contribution in [0.4, 0.5) is 0 Å². The molecule has 0 bridgehead atoms. The first-order valence-corrected chi connectivity index (χ1v) is 8.04. The standard InChI is InChI=1S/C17H23N3O2/c1-20(17(22)5-4-12-3-2-6-18-10-12)15-7-13-9-16(21)19-11-14(13)8-15/h2-3,6,10,13-15H,4-5,7-9,11H2,1H3,(H,19,21)/t13-,14+,15-/m0/s1. The topological polar surface area (TPSA) is 62.3 Å². The molecule has 3 rings (SSSR count). The molecule has 2 fully saturated rings. The van der Waals surface area contributed by atoms with Gasteiger partial charge in [-0.3, -0.25) is 14.6 Å². The van der Waals surface area contributed by atoms with Crippen LogP contribution in [0.2, 0.25) is 0 Å². The lowest BCUT2D eigenvalue weighted by Gasteiger charge is -2.25. The zero-order chi connectivity index (χ0) is 15.5. The van der Waals surface area contributed by atoms with Crippen LogP contribution in [0.25, 0.3) is 0 Å². The van der Waals surface area contributed by atoms with Gasteiger partial charge in [0.2, 0.25) is 11.8 Å². The average Bonchev–Trinajstić information content (AvgIpc) is 2.95. The predicted molar refractivity (Wildman–Crippen MR) is 83.0 cm³/mol. The molecule has 5 heteroatoms. The maximum atomic E-state index is 12.4. The van der Waals surface area contributed by atoms with E-state index in [1.807, 2.05) is 30.3 Å². The monoisotopic (exact) mass is 301 g/mol. The first kappa shape index (κ1) is 15.0. The highest BCUT2D eigenvalue weighted by molar-refractivity contribution is 5.78. The fourth-order valence-electron chi connectivity index (χ4n) is 3.73. The van der Waals surface area contributed by atoms with Crippen LogP contribution < -0.4 is 5.32 Å². The summed E-state index contributed by atoms with van der Waals surface area (Å²) in [5.41, 5.74) is 1.10. The Hall–Kier alpha value is -1.91. The molecule has 1 aromatic rings. The second-order valence-corrected chi connectivity index (χ2v) is 6.52. The summed E-state index contributed by atoms with van der Waals surface area (Å²) in [5.74, 6) is 1.34. The van der Waals surface area contributed by atoms with E-state index in [-0.39, 0.29) is 17.9 Å². The largest absolute Gasteiger partial charge is 0.356 e. The number of nitrogens with zero attached hydrogens (tertiary/aromatic N) is 2. The Bertz CT molecular complexity index is 546. The van der Waals surface area contributed by atoms with Gasteiger partial charge < -0.3 is 10.2 Å². The van der Waals surface area contributed by atoms with Gasteiger partial charge in [-0.1, -0.05) is 6.07 Å². The van der Waals surface area contributed by atoms with Crippen molar-refractivity contribution < 1.29 is 9.59 Å². The molecular weight excluding hydrogens is 278 g/mol. The van der Waals surface area contributed by atoms with Crippen LogP contribution in [0, 0.1) is 11.8 Å². The van der Waals surface area contributed by atoms with Crippen molar-refractivity contribution in [3.8, 4) is 0 Å². The zero-order valence-corrected chi connectivity index (χ0v) is 13.0. The van der Waals surface area contributed by atoms with Crippen LogP contribution in [-0.4, -0.2) is 41.3 Å². The summed E-state index contributed by atoms with van der Waals surface area (Å²) in [6, 6.07) is 4.18. The van der Waals surface area contributed by atoms with Crippen molar-refractivity contribution in [3.05, 3.63) is 30.1 Å². The van der Waals surface area contributed by atoms with E-state index >= 15 is 0 Å². The van der Waals surface area contributed by atoms with E-state index in [0.717, 1.165) is 31.4 Å². The Labute approximate surface area is 131 Å². The summed E-state index contributed by atoms with van der Waals surface area (Å²) in [5, 5.41) is 2.94. The molecule has 1 saturated heterocycles. The number of carbonyl (C=O) groups is 2. The van der Waals surface area contributed by atoms with Crippen molar-refractivity contribution in [1.29, 1.82) is 0 Å². The minimum absolute atomic E-state index is 0.160. The number of pyridine rings is 1. The first-order valence-electron chi connectivity index (χ1n) is 8.04. The summed E-state index contributed by atoms with van der Waals surface area (Å²) in [4.78, 5) is 29.9. The number of nitrogens with one attached hydrogen (secondary N) is 1. The normalized spacial score (nSPS) is 27.1. The molecule has 0 unspecified atom stereocenters. The maximum Gasteiger partial charge on any atom is 0.222 e. The van der Waals surface area contributed by atoms with Crippen LogP contribution >= 0.6 is 0 Å². The van der Waals surface area contributed by atoms with Gasteiger partial charge in [-0.2, -0.15) is 0 Å². The Morgan fingerprint density at radius 3 is 3.00 bits per heavy atom. The van der Waals surface area contributed by atoms with E-state index < -0.39 is 0 Å². The molecule has 2 aliphatic rings. The molecule has 118 valence electrons. The van der Waals surface area contributed by atoms with Crippen LogP contribution in [-0.2, 0) is 16.0 Å². The highest BCUT2D eigenvalue weighted by Gasteiger charge is 2.40. The van der Waals surface area contributed by atoms with Gasteiger partial charge >= 0.3 is 0 Å². The van der Waals surface area contributed by atoms with E-state index in [0.29, 0.717) is 24.7 Å². The third-order valence-corrected chi connectivity index (χ3v) is 5.12. The van der Waals surface area contributed by atoms with Gasteiger partial charge in [-0.15, -0.1) is 0 Å². The summed E-state index contributed by atoms with van der Waals surface area (Å²) in [6.07, 6.45) is 7.41. The minimum Gasteiger partial charge on any atom is -0.356 e. The Morgan fingerprint density at radius 1 is 1.41 bits per heavy atom. The number of hydrogen-bond acceptors (Lipinski definition) is 3. The molecule has 1 aliphatic carbocycles. The fraction of sp³-hybridized carbons (Fsp3) is 0.588. The molecule has 22 heavy (non-hydrogen) atoms. The smallest absolute Gasteiger partial charge is 0.222 e. The number of carbonyl (C=O) groups excluding carboxylic acids is 2. The summed E-state index contributed by atoms with van der Waals surface area (Å²) in [6.45, 7) is 0.776. The Balaban J connectivity index is 1.52. The highest BCUT2D eigenvalue weighted by atomic mass is 16.2. The van der Waals surface area contributed by atoms with Crippen LogP contribution in [0.5, 0.6) is 0 Å². The third-order valence-electron chi connectivity index (χ3n) is 5.12. The van der Waals surface area contributed by atoms with Crippen molar-refractivity contribution >= 4 is 11.8 Å². The summed E-state index contributed by atoms with van der Waals surface area (Å²) < 4.78 is 0. The maximum absolute atomic E-state index is 12.4. The molecule has 1 aromatic heterocycles.